The Kier molecular flexibility index (Phi) is 7.76. The SMILES string of the molecule is CCOC(=O)c1c(Cc2cccc(C#N)c2)c(Br)n(COCc2ccccc2)c1C=O. The molecule has 0 radical (unpaired) electrons. The van der Waals surface area contributed by atoms with Crippen molar-refractivity contribution in [1.29, 1.82) is 5.26 Å². The van der Waals surface area contributed by atoms with Gasteiger partial charge in [0.2, 0.25) is 0 Å². The van der Waals surface area contributed by atoms with Gasteiger partial charge in [0.25, 0.3) is 0 Å². The monoisotopic (exact) mass is 480 g/mol. The fourth-order valence-corrected chi connectivity index (χ4v) is 3.92. The van der Waals surface area contributed by atoms with E-state index >= 15 is 0 Å². The number of rotatable bonds is 9. The van der Waals surface area contributed by atoms with Crippen LogP contribution in [0.1, 0.15) is 50.0 Å². The lowest BCUT2D eigenvalue weighted by atomic mass is 10.0. The topological polar surface area (TPSA) is 81.3 Å². The maximum atomic E-state index is 12.7. The molecule has 0 bridgehead atoms. The lowest BCUT2D eigenvalue weighted by molar-refractivity contribution is 0.0515. The minimum Gasteiger partial charge on any atom is -0.462 e. The molecule has 0 atom stereocenters. The standard InChI is InChI=1S/C24H21BrN2O4/c1-2-31-24(29)22-20(12-18-9-6-10-19(11-18)13-26)23(25)27(21(22)14-28)16-30-15-17-7-4-3-5-8-17/h3-11,14H,2,12,15-16H2,1H3. The van der Waals surface area contributed by atoms with Crippen molar-refractivity contribution < 1.29 is 19.1 Å². The van der Waals surface area contributed by atoms with E-state index in [4.69, 9.17) is 9.47 Å². The van der Waals surface area contributed by atoms with E-state index in [0.717, 1.165) is 11.1 Å². The third-order valence-electron chi connectivity index (χ3n) is 4.69. The van der Waals surface area contributed by atoms with Gasteiger partial charge in [-0.05, 0) is 46.1 Å². The van der Waals surface area contributed by atoms with Crippen molar-refractivity contribution >= 4 is 28.2 Å². The van der Waals surface area contributed by atoms with Crippen LogP contribution in [0.25, 0.3) is 0 Å². The number of nitrogens with zero attached hydrogens (tertiary/aromatic N) is 2. The van der Waals surface area contributed by atoms with E-state index in [0.29, 0.717) is 35.0 Å². The number of aldehydes is 1. The summed E-state index contributed by atoms with van der Waals surface area (Å²) in [5, 5.41) is 9.17. The summed E-state index contributed by atoms with van der Waals surface area (Å²) in [6.45, 7) is 2.34. The van der Waals surface area contributed by atoms with Crippen LogP contribution in [0.5, 0.6) is 0 Å². The average molecular weight is 481 g/mol. The Morgan fingerprint density at radius 1 is 1.16 bits per heavy atom. The third kappa shape index (κ3) is 5.29. The largest absolute Gasteiger partial charge is 0.462 e. The van der Waals surface area contributed by atoms with Crippen LogP contribution in [-0.4, -0.2) is 23.4 Å². The van der Waals surface area contributed by atoms with Gasteiger partial charge in [-0.15, -0.1) is 0 Å². The van der Waals surface area contributed by atoms with Crippen molar-refractivity contribution in [1.82, 2.24) is 4.57 Å². The van der Waals surface area contributed by atoms with Crippen molar-refractivity contribution in [3.63, 3.8) is 0 Å². The normalized spacial score (nSPS) is 10.5. The molecule has 1 heterocycles. The minimum atomic E-state index is -0.571. The van der Waals surface area contributed by atoms with E-state index in [9.17, 15) is 14.9 Å². The Morgan fingerprint density at radius 2 is 1.90 bits per heavy atom. The van der Waals surface area contributed by atoms with Crippen molar-refractivity contribution in [3.05, 3.63) is 92.7 Å². The minimum absolute atomic E-state index is 0.0776. The molecular formula is C24H21BrN2O4. The number of aromatic nitrogens is 1. The molecule has 158 valence electrons. The molecule has 0 saturated carbocycles. The number of carbonyl (C=O) groups is 2. The summed E-state index contributed by atoms with van der Waals surface area (Å²) in [5.41, 5.74) is 3.36. The van der Waals surface area contributed by atoms with Crippen LogP contribution in [0.3, 0.4) is 0 Å². The summed E-state index contributed by atoms with van der Waals surface area (Å²) in [6, 6.07) is 18.9. The highest BCUT2D eigenvalue weighted by Crippen LogP contribution is 2.31. The van der Waals surface area contributed by atoms with Crippen LogP contribution in [0.15, 0.2) is 59.2 Å². The molecule has 7 heteroatoms. The number of ether oxygens (including phenoxy) is 2. The Labute approximate surface area is 189 Å². The maximum absolute atomic E-state index is 12.7. The number of hydrogen-bond donors (Lipinski definition) is 0. The molecule has 0 N–H and O–H groups in total. The van der Waals surface area contributed by atoms with Gasteiger partial charge >= 0.3 is 5.97 Å². The van der Waals surface area contributed by atoms with Gasteiger partial charge in [-0.1, -0.05) is 42.5 Å². The fraction of sp³-hybridized carbons (Fsp3) is 0.208. The second-order valence-electron chi connectivity index (χ2n) is 6.75. The molecule has 0 spiro atoms. The molecule has 3 aromatic rings. The van der Waals surface area contributed by atoms with Crippen molar-refractivity contribution in [2.24, 2.45) is 0 Å². The predicted octanol–water partition coefficient (Wildman–Crippen LogP) is 4.88. The Hall–Kier alpha value is -3.21. The number of nitriles is 1. The zero-order valence-electron chi connectivity index (χ0n) is 17.0. The van der Waals surface area contributed by atoms with Gasteiger partial charge < -0.3 is 14.0 Å². The van der Waals surface area contributed by atoms with Gasteiger partial charge in [0.1, 0.15) is 6.73 Å². The molecule has 0 unspecified atom stereocenters. The highest BCUT2D eigenvalue weighted by molar-refractivity contribution is 9.10. The Balaban J connectivity index is 1.96. The first-order valence-electron chi connectivity index (χ1n) is 9.72. The first kappa shape index (κ1) is 22.5. The van der Waals surface area contributed by atoms with Gasteiger partial charge in [-0.25, -0.2) is 4.79 Å². The van der Waals surface area contributed by atoms with E-state index in [1.807, 2.05) is 36.4 Å². The molecule has 1 aromatic heterocycles. The highest BCUT2D eigenvalue weighted by Gasteiger charge is 2.27. The molecule has 6 nitrogen and oxygen atoms in total. The van der Waals surface area contributed by atoms with E-state index in [1.165, 1.54) is 0 Å². The number of esters is 1. The van der Waals surface area contributed by atoms with Crippen LogP contribution in [0.4, 0.5) is 0 Å². The molecule has 0 aliphatic rings. The maximum Gasteiger partial charge on any atom is 0.340 e. The fourth-order valence-electron chi connectivity index (χ4n) is 3.29. The van der Waals surface area contributed by atoms with Crippen molar-refractivity contribution in [2.45, 2.75) is 26.7 Å². The first-order chi connectivity index (χ1) is 15.1. The van der Waals surface area contributed by atoms with E-state index < -0.39 is 5.97 Å². The summed E-state index contributed by atoms with van der Waals surface area (Å²) in [4.78, 5) is 24.7. The van der Waals surface area contributed by atoms with Crippen LogP contribution in [0, 0.1) is 11.3 Å². The lowest BCUT2D eigenvalue weighted by Gasteiger charge is -2.09. The van der Waals surface area contributed by atoms with Crippen molar-refractivity contribution in [2.75, 3.05) is 6.61 Å². The zero-order chi connectivity index (χ0) is 22.2. The molecule has 0 aliphatic carbocycles. The summed E-state index contributed by atoms with van der Waals surface area (Å²) in [7, 11) is 0. The van der Waals surface area contributed by atoms with Gasteiger partial charge in [0.15, 0.2) is 6.29 Å². The summed E-state index contributed by atoms with van der Waals surface area (Å²) < 4.78 is 13.2. The second-order valence-corrected chi connectivity index (χ2v) is 7.50. The van der Waals surface area contributed by atoms with Gasteiger partial charge in [0.05, 0.1) is 40.7 Å². The van der Waals surface area contributed by atoms with Crippen LogP contribution >= 0.6 is 15.9 Å². The molecule has 0 amide bonds. The first-order valence-corrected chi connectivity index (χ1v) is 10.5. The summed E-state index contributed by atoms with van der Waals surface area (Å²) in [6.07, 6.45) is 0.981. The molecule has 2 aromatic carbocycles. The van der Waals surface area contributed by atoms with Crippen LogP contribution in [-0.2, 0) is 29.2 Å². The van der Waals surface area contributed by atoms with Gasteiger partial charge in [-0.3, -0.25) is 4.79 Å². The van der Waals surface area contributed by atoms with Crippen LogP contribution < -0.4 is 0 Å². The molecule has 0 saturated heterocycles. The number of halogens is 1. The highest BCUT2D eigenvalue weighted by atomic mass is 79.9. The predicted molar refractivity (Wildman–Crippen MR) is 119 cm³/mol. The number of benzene rings is 2. The number of carbonyl (C=O) groups excluding carboxylic acids is 2. The summed E-state index contributed by atoms with van der Waals surface area (Å²) >= 11 is 3.54. The van der Waals surface area contributed by atoms with Gasteiger partial charge in [0, 0.05) is 12.0 Å². The molecule has 31 heavy (non-hydrogen) atoms. The zero-order valence-corrected chi connectivity index (χ0v) is 18.6. The number of hydrogen-bond acceptors (Lipinski definition) is 5. The van der Waals surface area contributed by atoms with Gasteiger partial charge in [-0.2, -0.15) is 5.26 Å². The van der Waals surface area contributed by atoms with Crippen LogP contribution in [0.2, 0.25) is 0 Å². The molecule has 0 aliphatic heterocycles. The van der Waals surface area contributed by atoms with E-state index in [-0.39, 0.29) is 24.6 Å². The molecular weight excluding hydrogens is 460 g/mol. The summed E-state index contributed by atoms with van der Waals surface area (Å²) in [5.74, 6) is -0.571. The Morgan fingerprint density at radius 3 is 2.58 bits per heavy atom. The molecule has 0 fully saturated rings. The van der Waals surface area contributed by atoms with E-state index in [2.05, 4.69) is 22.0 Å². The van der Waals surface area contributed by atoms with E-state index in [1.54, 1.807) is 29.7 Å². The Bertz CT molecular complexity index is 1120. The quantitative estimate of drug-likeness (QED) is 0.322. The lowest BCUT2D eigenvalue weighted by Crippen LogP contribution is -2.12. The van der Waals surface area contributed by atoms with Crippen molar-refractivity contribution in [3.8, 4) is 6.07 Å². The third-order valence-corrected chi connectivity index (χ3v) is 5.60. The second kappa shape index (κ2) is 10.7. The average Bonchev–Trinajstić information content (AvgIpc) is 3.05. The smallest absolute Gasteiger partial charge is 0.340 e. The molecule has 3 rings (SSSR count).